The van der Waals surface area contributed by atoms with Crippen LogP contribution < -0.4 is 5.73 Å². The Labute approximate surface area is 184 Å². The second-order valence-electron chi connectivity index (χ2n) is 7.89. The normalized spacial score (nSPS) is 15.8. The number of hydrogen-bond acceptors (Lipinski definition) is 5. The maximum absolute atomic E-state index is 13.5. The Balaban J connectivity index is 1.22. The van der Waals surface area contributed by atoms with Crippen LogP contribution in [0.25, 0.3) is 21.3 Å². The highest BCUT2D eigenvalue weighted by Crippen LogP contribution is 2.37. The van der Waals surface area contributed by atoms with Crippen molar-refractivity contribution in [2.24, 2.45) is 0 Å². The molecular weight excluding hydrogens is 413 g/mol. The van der Waals surface area contributed by atoms with Crippen LogP contribution in [0.3, 0.4) is 0 Å². The zero-order chi connectivity index (χ0) is 20.5. The zero-order valence-corrected chi connectivity index (χ0v) is 18.3. The summed E-state index contributed by atoms with van der Waals surface area (Å²) in [6.07, 6.45) is 3.28. The molecule has 0 atom stereocenters. The number of thiophene rings is 1. The summed E-state index contributed by atoms with van der Waals surface area (Å²) >= 11 is 3.27. The summed E-state index contributed by atoms with van der Waals surface area (Å²) < 4.78 is 14.5. The van der Waals surface area contributed by atoms with Gasteiger partial charge in [0.15, 0.2) is 5.13 Å². The molecule has 5 rings (SSSR count). The Hall–Kier alpha value is -2.28. The first-order valence-electron chi connectivity index (χ1n) is 10.4. The summed E-state index contributed by atoms with van der Waals surface area (Å²) in [6, 6.07) is 15.5. The van der Waals surface area contributed by atoms with Gasteiger partial charge in [0.1, 0.15) is 5.82 Å². The van der Waals surface area contributed by atoms with Crippen molar-refractivity contribution in [2.45, 2.75) is 25.2 Å². The van der Waals surface area contributed by atoms with Gasteiger partial charge in [-0.2, -0.15) is 0 Å². The van der Waals surface area contributed by atoms with Gasteiger partial charge in [-0.05, 0) is 66.7 Å². The molecule has 2 N–H and O–H groups in total. The van der Waals surface area contributed by atoms with Gasteiger partial charge in [0, 0.05) is 21.7 Å². The number of nitrogens with two attached hydrogens (primary N) is 1. The summed E-state index contributed by atoms with van der Waals surface area (Å²) in [6.45, 7) is 3.22. The van der Waals surface area contributed by atoms with Crippen molar-refractivity contribution in [2.75, 3.05) is 25.4 Å². The molecule has 1 aliphatic rings. The minimum atomic E-state index is -0.149. The summed E-state index contributed by atoms with van der Waals surface area (Å²) in [5.41, 5.74) is 9.59. The van der Waals surface area contributed by atoms with Crippen molar-refractivity contribution in [3.8, 4) is 11.3 Å². The maximum Gasteiger partial charge on any atom is 0.180 e. The third-order valence-electron chi connectivity index (χ3n) is 6.01. The van der Waals surface area contributed by atoms with Crippen LogP contribution in [0.4, 0.5) is 9.52 Å². The molecule has 2 aromatic carbocycles. The lowest BCUT2D eigenvalue weighted by molar-refractivity contribution is 0.215. The fourth-order valence-electron chi connectivity index (χ4n) is 4.43. The van der Waals surface area contributed by atoms with Crippen LogP contribution in [-0.2, 0) is 6.42 Å². The Morgan fingerprint density at radius 3 is 2.70 bits per heavy atom. The van der Waals surface area contributed by atoms with Crippen LogP contribution in [0.15, 0.2) is 53.9 Å². The average Bonchev–Trinajstić information content (AvgIpc) is 3.36. The molecule has 0 radical (unpaired) electrons. The molecule has 0 saturated carbocycles. The molecule has 0 spiro atoms. The van der Waals surface area contributed by atoms with E-state index in [2.05, 4.69) is 27.4 Å². The Bertz CT molecular complexity index is 1140. The van der Waals surface area contributed by atoms with Crippen LogP contribution in [-0.4, -0.2) is 29.5 Å². The van der Waals surface area contributed by atoms with E-state index in [1.54, 1.807) is 34.8 Å². The first kappa shape index (κ1) is 19.7. The highest BCUT2D eigenvalue weighted by molar-refractivity contribution is 7.17. The number of halogens is 1. The predicted octanol–water partition coefficient (Wildman–Crippen LogP) is 6.17. The first-order valence-corrected chi connectivity index (χ1v) is 12.1. The summed E-state index contributed by atoms with van der Waals surface area (Å²) in [7, 11) is 0. The molecule has 2 aromatic heterocycles. The molecule has 1 saturated heterocycles. The van der Waals surface area contributed by atoms with E-state index in [4.69, 9.17) is 5.73 Å². The highest BCUT2D eigenvalue weighted by atomic mass is 32.1. The number of benzene rings is 2. The number of hydrogen-bond donors (Lipinski definition) is 1. The van der Waals surface area contributed by atoms with E-state index in [1.165, 1.54) is 15.8 Å². The van der Waals surface area contributed by atoms with Crippen molar-refractivity contribution in [1.29, 1.82) is 0 Å². The van der Waals surface area contributed by atoms with Crippen LogP contribution in [0, 0.1) is 5.82 Å². The van der Waals surface area contributed by atoms with Gasteiger partial charge in [0.2, 0.25) is 0 Å². The fourth-order valence-corrected chi connectivity index (χ4v) is 6.34. The van der Waals surface area contributed by atoms with Gasteiger partial charge in [-0.25, -0.2) is 9.37 Å². The average molecular weight is 438 g/mol. The molecule has 0 amide bonds. The van der Waals surface area contributed by atoms with Crippen molar-refractivity contribution >= 4 is 37.9 Å². The van der Waals surface area contributed by atoms with E-state index in [1.807, 2.05) is 24.3 Å². The second kappa shape index (κ2) is 8.46. The fraction of sp³-hybridized carbons (Fsp3) is 0.292. The summed E-state index contributed by atoms with van der Waals surface area (Å²) in [5.74, 6) is 0.420. The molecule has 1 fully saturated rings. The number of nitrogen functional groups attached to an aromatic ring is 1. The number of thiazole rings is 1. The Morgan fingerprint density at radius 2 is 1.90 bits per heavy atom. The third kappa shape index (κ3) is 4.00. The quantitative estimate of drug-likeness (QED) is 0.406. The number of nitrogens with zero attached hydrogens (tertiary/aromatic N) is 2. The highest BCUT2D eigenvalue weighted by Gasteiger charge is 2.23. The van der Waals surface area contributed by atoms with Crippen molar-refractivity contribution in [3.05, 3.63) is 70.2 Å². The van der Waals surface area contributed by atoms with E-state index in [9.17, 15) is 4.39 Å². The molecule has 4 aromatic rings. The molecule has 154 valence electrons. The topological polar surface area (TPSA) is 42.1 Å². The summed E-state index contributed by atoms with van der Waals surface area (Å²) in [4.78, 5) is 8.40. The van der Waals surface area contributed by atoms with Crippen LogP contribution in [0.1, 0.15) is 29.2 Å². The smallest absolute Gasteiger partial charge is 0.180 e. The number of likely N-dealkylation sites (tertiary alicyclic amines) is 1. The van der Waals surface area contributed by atoms with Gasteiger partial charge >= 0.3 is 0 Å². The predicted molar refractivity (Wildman–Crippen MR) is 126 cm³/mol. The molecule has 0 bridgehead atoms. The first-order chi connectivity index (χ1) is 14.7. The van der Waals surface area contributed by atoms with E-state index in [0.717, 1.165) is 54.9 Å². The number of rotatable bonds is 5. The van der Waals surface area contributed by atoms with E-state index in [-0.39, 0.29) is 5.82 Å². The molecule has 3 nitrogen and oxygen atoms in total. The van der Waals surface area contributed by atoms with Gasteiger partial charge in [-0.1, -0.05) is 36.4 Å². The standard InChI is InChI=1S/C24H24FN3S2/c25-18-6-7-19-20(15-29-22(19)14-18)16-8-11-28(12-9-16)13-10-21-23(27-24(26)30-21)17-4-2-1-3-5-17/h1-7,14-16H,8-13H2,(H2,26,27). The lowest BCUT2D eigenvalue weighted by Gasteiger charge is -2.32. The third-order valence-corrected chi connectivity index (χ3v) is 7.92. The van der Waals surface area contributed by atoms with E-state index >= 15 is 0 Å². The lowest BCUT2D eigenvalue weighted by Crippen LogP contribution is -2.34. The van der Waals surface area contributed by atoms with Gasteiger partial charge in [-0.3, -0.25) is 0 Å². The molecule has 3 heterocycles. The molecule has 30 heavy (non-hydrogen) atoms. The second-order valence-corrected chi connectivity index (χ2v) is 9.91. The number of fused-ring (bicyclic) bond motifs is 1. The van der Waals surface area contributed by atoms with Crippen molar-refractivity contribution < 1.29 is 4.39 Å². The minimum Gasteiger partial charge on any atom is -0.375 e. The number of piperidine rings is 1. The van der Waals surface area contributed by atoms with Gasteiger partial charge in [-0.15, -0.1) is 22.7 Å². The van der Waals surface area contributed by atoms with Crippen LogP contribution >= 0.6 is 22.7 Å². The van der Waals surface area contributed by atoms with Crippen LogP contribution in [0.2, 0.25) is 0 Å². The van der Waals surface area contributed by atoms with Gasteiger partial charge < -0.3 is 10.6 Å². The summed E-state index contributed by atoms with van der Waals surface area (Å²) in [5, 5.41) is 4.10. The largest absolute Gasteiger partial charge is 0.375 e. The Kier molecular flexibility index (Phi) is 5.54. The van der Waals surface area contributed by atoms with Crippen LogP contribution in [0.5, 0.6) is 0 Å². The molecule has 0 unspecified atom stereocenters. The van der Waals surface area contributed by atoms with E-state index < -0.39 is 0 Å². The number of anilines is 1. The van der Waals surface area contributed by atoms with Crippen molar-refractivity contribution in [3.63, 3.8) is 0 Å². The Morgan fingerprint density at radius 1 is 1.10 bits per heavy atom. The monoisotopic (exact) mass is 437 g/mol. The molecule has 6 heteroatoms. The lowest BCUT2D eigenvalue weighted by atomic mass is 9.89. The van der Waals surface area contributed by atoms with E-state index in [0.29, 0.717) is 11.0 Å². The van der Waals surface area contributed by atoms with Gasteiger partial charge in [0.05, 0.1) is 5.69 Å². The number of aromatic nitrogens is 1. The minimum absolute atomic E-state index is 0.149. The van der Waals surface area contributed by atoms with Gasteiger partial charge in [0.25, 0.3) is 0 Å². The maximum atomic E-state index is 13.5. The molecule has 1 aliphatic heterocycles. The molecule has 0 aliphatic carbocycles. The molecular formula is C24H24FN3S2. The SMILES string of the molecule is Nc1nc(-c2ccccc2)c(CCN2CCC(c3csc4cc(F)ccc34)CC2)s1. The van der Waals surface area contributed by atoms with Crippen molar-refractivity contribution in [1.82, 2.24) is 9.88 Å². The zero-order valence-electron chi connectivity index (χ0n) is 16.7.